The van der Waals surface area contributed by atoms with Crippen molar-refractivity contribution in [3.8, 4) is 0 Å². The molecule has 0 radical (unpaired) electrons. The molecule has 0 aliphatic rings. The van der Waals surface area contributed by atoms with Gasteiger partial charge in [0.25, 0.3) is 0 Å². The van der Waals surface area contributed by atoms with Crippen molar-refractivity contribution in [3.05, 3.63) is 60.3 Å². The van der Waals surface area contributed by atoms with Crippen molar-refractivity contribution in [3.63, 3.8) is 0 Å². The second-order valence-corrected chi connectivity index (χ2v) is 5.48. The zero-order valence-electron chi connectivity index (χ0n) is 11.1. The van der Waals surface area contributed by atoms with Crippen LogP contribution in [0.15, 0.2) is 59.9 Å². The lowest BCUT2D eigenvalue weighted by Crippen LogP contribution is -2.16. The van der Waals surface area contributed by atoms with Crippen molar-refractivity contribution < 1.29 is 0 Å². The van der Waals surface area contributed by atoms with Crippen LogP contribution in [0, 0.1) is 0 Å². The van der Waals surface area contributed by atoms with Crippen molar-refractivity contribution in [2.45, 2.75) is 11.7 Å². The van der Waals surface area contributed by atoms with E-state index >= 15 is 0 Å². The summed E-state index contributed by atoms with van der Waals surface area (Å²) in [5.41, 5.74) is 2.21. The third-order valence-electron chi connectivity index (χ3n) is 2.96. The van der Waals surface area contributed by atoms with Gasteiger partial charge in [0.05, 0.1) is 0 Å². The molecular weight excluding hydrogens is 268 g/mol. The number of benzene rings is 1. The second kappa shape index (κ2) is 6.54. The van der Waals surface area contributed by atoms with Gasteiger partial charge in [0, 0.05) is 25.0 Å². The Kier molecular flexibility index (Phi) is 4.30. The predicted molar refractivity (Wildman–Crippen MR) is 81.9 cm³/mol. The van der Waals surface area contributed by atoms with Gasteiger partial charge in [-0.05, 0) is 17.7 Å². The summed E-state index contributed by atoms with van der Waals surface area (Å²) in [6.45, 7) is 1.85. The van der Waals surface area contributed by atoms with E-state index in [0.717, 1.165) is 29.6 Å². The van der Waals surface area contributed by atoms with Crippen LogP contribution in [0.25, 0.3) is 5.65 Å². The van der Waals surface area contributed by atoms with Crippen molar-refractivity contribution in [1.29, 1.82) is 0 Å². The highest BCUT2D eigenvalue weighted by molar-refractivity contribution is 7.99. The fraction of sp³-hybridized carbons (Fsp3) is 0.200. The first-order chi connectivity index (χ1) is 9.93. The van der Waals surface area contributed by atoms with Gasteiger partial charge in [-0.3, -0.25) is 4.40 Å². The van der Waals surface area contributed by atoms with E-state index in [1.807, 2.05) is 34.9 Å². The minimum Gasteiger partial charge on any atom is -0.312 e. The largest absolute Gasteiger partial charge is 0.312 e. The van der Waals surface area contributed by atoms with Gasteiger partial charge in [0.1, 0.15) is 0 Å². The van der Waals surface area contributed by atoms with Crippen LogP contribution in [-0.2, 0) is 6.54 Å². The van der Waals surface area contributed by atoms with Crippen LogP contribution in [0.5, 0.6) is 0 Å². The number of hydrogen-bond donors (Lipinski definition) is 1. The Morgan fingerprint density at radius 1 is 1.00 bits per heavy atom. The van der Waals surface area contributed by atoms with E-state index in [1.165, 1.54) is 5.56 Å². The average molecular weight is 284 g/mol. The number of pyridine rings is 1. The fourth-order valence-corrected chi connectivity index (χ4v) is 2.78. The SMILES string of the molecule is c1ccc(CNCCSc2nnc3ccccn23)cc1. The van der Waals surface area contributed by atoms with Crippen LogP contribution in [0.3, 0.4) is 0 Å². The smallest absolute Gasteiger partial charge is 0.195 e. The Bertz CT molecular complexity index is 666. The first kappa shape index (κ1) is 13.1. The number of nitrogens with zero attached hydrogens (tertiary/aromatic N) is 3. The molecule has 1 N–H and O–H groups in total. The summed E-state index contributed by atoms with van der Waals surface area (Å²) in [4.78, 5) is 0. The molecule has 0 unspecified atom stereocenters. The minimum absolute atomic E-state index is 0.896. The monoisotopic (exact) mass is 284 g/mol. The van der Waals surface area contributed by atoms with Crippen molar-refractivity contribution in [2.75, 3.05) is 12.3 Å². The van der Waals surface area contributed by atoms with Crippen molar-refractivity contribution in [1.82, 2.24) is 19.9 Å². The third-order valence-corrected chi connectivity index (χ3v) is 3.91. The molecule has 2 heterocycles. The van der Waals surface area contributed by atoms with E-state index in [4.69, 9.17) is 0 Å². The lowest BCUT2D eigenvalue weighted by molar-refractivity contribution is 0.731. The molecule has 0 aliphatic carbocycles. The van der Waals surface area contributed by atoms with E-state index in [-0.39, 0.29) is 0 Å². The van der Waals surface area contributed by atoms with Crippen LogP contribution in [0.1, 0.15) is 5.56 Å². The van der Waals surface area contributed by atoms with E-state index in [0.29, 0.717) is 0 Å². The minimum atomic E-state index is 0.896. The summed E-state index contributed by atoms with van der Waals surface area (Å²) >= 11 is 1.72. The lowest BCUT2D eigenvalue weighted by Gasteiger charge is -2.04. The molecule has 0 saturated heterocycles. The van der Waals surface area contributed by atoms with Crippen LogP contribution in [-0.4, -0.2) is 26.9 Å². The summed E-state index contributed by atoms with van der Waals surface area (Å²) < 4.78 is 2.02. The van der Waals surface area contributed by atoms with Gasteiger partial charge >= 0.3 is 0 Å². The molecule has 3 aromatic rings. The first-order valence-corrected chi connectivity index (χ1v) is 7.59. The highest BCUT2D eigenvalue weighted by atomic mass is 32.2. The number of hydrogen-bond acceptors (Lipinski definition) is 4. The molecule has 0 amide bonds. The van der Waals surface area contributed by atoms with Gasteiger partial charge < -0.3 is 5.32 Å². The predicted octanol–water partition coefficient (Wildman–Crippen LogP) is 2.61. The highest BCUT2D eigenvalue weighted by Gasteiger charge is 2.04. The van der Waals surface area contributed by atoms with Gasteiger partial charge in [0.15, 0.2) is 10.8 Å². The number of aromatic nitrogens is 3. The lowest BCUT2D eigenvalue weighted by atomic mass is 10.2. The first-order valence-electron chi connectivity index (χ1n) is 6.61. The third kappa shape index (κ3) is 3.18. The van der Waals surface area contributed by atoms with Gasteiger partial charge in [-0.15, -0.1) is 10.2 Å². The zero-order valence-corrected chi connectivity index (χ0v) is 11.9. The van der Waals surface area contributed by atoms with E-state index in [1.54, 1.807) is 11.8 Å². The fourth-order valence-electron chi connectivity index (χ4n) is 1.96. The maximum atomic E-state index is 4.20. The zero-order chi connectivity index (χ0) is 13.6. The number of rotatable bonds is 6. The quantitative estimate of drug-likeness (QED) is 0.558. The molecule has 0 bridgehead atoms. The number of fused-ring (bicyclic) bond motifs is 1. The van der Waals surface area contributed by atoms with Crippen LogP contribution in [0.4, 0.5) is 0 Å². The molecule has 3 rings (SSSR count). The van der Waals surface area contributed by atoms with E-state index in [9.17, 15) is 0 Å². The van der Waals surface area contributed by atoms with Crippen LogP contribution < -0.4 is 5.32 Å². The maximum absolute atomic E-state index is 4.20. The van der Waals surface area contributed by atoms with E-state index < -0.39 is 0 Å². The van der Waals surface area contributed by atoms with Gasteiger partial charge in [-0.1, -0.05) is 48.2 Å². The molecule has 4 nitrogen and oxygen atoms in total. The summed E-state index contributed by atoms with van der Waals surface area (Å²) in [6, 6.07) is 16.4. The Morgan fingerprint density at radius 2 is 1.85 bits per heavy atom. The molecular formula is C15H16N4S. The molecule has 0 fully saturated rings. The molecule has 0 aliphatic heterocycles. The molecule has 5 heteroatoms. The summed E-state index contributed by atoms with van der Waals surface area (Å²) in [5.74, 6) is 0.975. The average Bonchev–Trinajstić information content (AvgIpc) is 2.91. The Hall–Kier alpha value is -1.85. The van der Waals surface area contributed by atoms with Crippen LogP contribution in [0.2, 0.25) is 0 Å². The maximum Gasteiger partial charge on any atom is 0.195 e. The molecule has 1 aromatic carbocycles. The Balaban J connectivity index is 1.46. The Labute approximate surface area is 122 Å². The number of thioether (sulfide) groups is 1. The molecule has 102 valence electrons. The van der Waals surface area contributed by atoms with Crippen molar-refractivity contribution >= 4 is 17.4 Å². The van der Waals surface area contributed by atoms with E-state index in [2.05, 4.69) is 39.8 Å². The molecule has 0 spiro atoms. The second-order valence-electron chi connectivity index (χ2n) is 4.42. The molecule has 20 heavy (non-hydrogen) atoms. The summed E-state index contributed by atoms with van der Waals surface area (Å²) in [5, 5.41) is 12.7. The highest BCUT2D eigenvalue weighted by Crippen LogP contribution is 2.15. The van der Waals surface area contributed by atoms with Gasteiger partial charge in [-0.25, -0.2) is 0 Å². The number of nitrogens with one attached hydrogen (secondary N) is 1. The molecule has 2 aromatic heterocycles. The summed E-state index contributed by atoms with van der Waals surface area (Å²) in [6.07, 6.45) is 2.00. The summed E-state index contributed by atoms with van der Waals surface area (Å²) in [7, 11) is 0. The molecule has 0 atom stereocenters. The normalized spacial score (nSPS) is 11.0. The van der Waals surface area contributed by atoms with Crippen molar-refractivity contribution in [2.24, 2.45) is 0 Å². The standard InChI is InChI=1S/C15H16N4S/c1-2-6-13(7-3-1)12-16-9-11-20-15-18-17-14-8-4-5-10-19(14)15/h1-8,10,16H,9,11-12H2. The molecule has 0 saturated carbocycles. The van der Waals surface area contributed by atoms with Gasteiger partial charge in [-0.2, -0.15) is 0 Å². The Morgan fingerprint density at radius 3 is 2.75 bits per heavy atom. The topological polar surface area (TPSA) is 42.2 Å². The van der Waals surface area contributed by atoms with Crippen LogP contribution >= 0.6 is 11.8 Å². The van der Waals surface area contributed by atoms with Gasteiger partial charge in [0.2, 0.25) is 0 Å².